The van der Waals surface area contributed by atoms with E-state index in [0.717, 1.165) is 17.7 Å². The van der Waals surface area contributed by atoms with Gasteiger partial charge in [0.15, 0.2) is 0 Å². The van der Waals surface area contributed by atoms with E-state index in [9.17, 15) is 0 Å². The van der Waals surface area contributed by atoms with E-state index in [-0.39, 0.29) is 0 Å². The molecule has 0 saturated heterocycles. The maximum absolute atomic E-state index is 2.42. The van der Waals surface area contributed by atoms with Gasteiger partial charge in [0.2, 0.25) is 0 Å². The molecule has 0 rings (SSSR count). The Balaban J connectivity index is 3.77. The van der Waals surface area contributed by atoms with Crippen molar-refractivity contribution in [2.75, 3.05) is 0 Å². The maximum atomic E-state index is 2.42. The molecule has 12 heavy (non-hydrogen) atoms. The highest BCUT2D eigenvalue weighted by molar-refractivity contribution is 6.11. The lowest BCUT2D eigenvalue weighted by Gasteiger charge is -2.26. The molecule has 0 aliphatic carbocycles. The summed E-state index contributed by atoms with van der Waals surface area (Å²) in [5.74, 6) is 2.73. The third-order valence-electron chi connectivity index (χ3n) is 3.07. The summed E-state index contributed by atoms with van der Waals surface area (Å²) in [6, 6.07) is 0. The van der Waals surface area contributed by atoms with Gasteiger partial charge in [-0.25, -0.2) is 0 Å². The van der Waals surface area contributed by atoms with Crippen LogP contribution < -0.4 is 0 Å². The molecule has 0 heterocycles. The lowest BCUT2D eigenvalue weighted by atomic mass is 9.68. The summed E-state index contributed by atoms with van der Waals surface area (Å²) in [6.45, 7) is 9.32. The minimum atomic E-state index is 0.863. The molecule has 0 nitrogen and oxygen atoms in total. The molecule has 0 radical (unpaired) electrons. The van der Waals surface area contributed by atoms with Gasteiger partial charge >= 0.3 is 0 Å². The van der Waals surface area contributed by atoms with Crippen molar-refractivity contribution >= 4 is 7.85 Å². The van der Waals surface area contributed by atoms with Gasteiger partial charge < -0.3 is 0 Å². The van der Waals surface area contributed by atoms with Gasteiger partial charge in [0.25, 0.3) is 0 Å². The van der Waals surface area contributed by atoms with Gasteiger partial charge in [0, 0.05) is 0 Å². The van der Waals surface area contributed by atoms with E-state index in [0.29, 0.717) is 0 Å². The Hall–Kier alpha value is 0.0649. The van der Waals surface area contributed by atoms with E-state index in [4.69, 9.17) is 0 Å². The van der Waals surface area contributed by atoms with Crippen LogP contribution in [0.1, 0.15) is 53.4 Å². The average molecular weight is 168 g/mol. The molecule has 0 saturated carbocycles. The molecule has 0 fully saturated rings. The van der Waals surface area contributed by atoms with Crippen LogP contribution in [0.25, 0.3) is 0 Å². The predicted molar refractivity (Wildman–Crippen MR) is 60.4 cm³/mol. The summed E-state index contributed by atoms with van der Waals surface area (Å²) in [5, 5.41) is 0. The summed E-state index contributed by atoms with van der Waals surface area (Å²) in [4.78, 5) is 0. The first-order valence-corrected chi connectivity index (χ1v) is 5.63. The molecule has 0 N–H and O–H groups in total. The van der Waals surface area contributed by atoms with Crippen LogP contribution in [0.3, 0.4) is 0 Å². The third kappa shape index (κ3) is 4.18. The fourth-order valence-corrected chi connectivity index (χ4v) is 2.27. The second-order valence-electron chi connectivity index (χ2n) is 4.44. The van der Waals surface area contributed by atoms with E-state index in [1.54, 1.807) is 0 Å². The lowest BCUT2D eigenvalue weighted by Crippen LogP contribution is -2.15. The summed E-state index contributed by atoms with van der Waals surface area (Å²) in [7, 11) is 2.42. The Labute approximate surface area is 79.5 Å². The van der Waals surface area contributed by atoms with E-state index >= 15 is 0 Å². The standard InChI is InChI=1S/C11H25B/c1-5-7-8-11(12)10(6-2)9(3)4/h9-11H,5-8,12H2,1-4H3. The van der Waals surface area contributed by atoms with Crippen LogP contribution in [0.15, 0.2) is 0 Å². The Morgan fingerprint density at radius 2 is 1.75 bits per heavy atom. The predicted octanol–water partition coefficient (Wildman–Crippen LogP) is 3.28. The summed E-state index contributed by atoms with van der Waals surface area (Å²) < 4.78 is 0. The molecule has 0 spiro atoms. The highest BCUT2D eigenvalue weighted by Gasteiger charge is 2.17. The zero-order valence-electron chi connectivity index (χ0n) is 9.56. The Bertz CT molecular complexity index is 99.2. The summed E-state index contributed by atoms with van der Waals surface area (Å²) in [6.07, 6.45) is 5.53. The highest BCUT2D eigenvalue weighted by atomic mass is 14.2. The van der Waals surface area contributed by atoms with Crippen molar-refractivity contribution in [3.63, 3.8) is 0 Å². The molecule has 0 aromatic rings. The topological polar surface area (TPSA) is 0 Å². The van der Waals surface area contributed by atoms with Gasteiger partial charge in [-0.15, -0.1) is 0 Å². The van der Waals surface area contributed by atoms with Crippen molar-refractivity contribution in [3.8, 4) is 0 Å². The van der Waals surface area contributed by atoms with Gasteiger partial charge in [-0.3, -0.25) is 0 Å². The number of rotatable bonds is 6. The first kappa shape index (κ1) is 12.1. The van der Waals surface area contributed by atoms with Crippen molar-refractivity contribution in [3.05, 3.63) is 0 Å². The monoisotopic (exact) mass is 168 g/mol. The van der Waals surface area contributed by atoms with Crippen LogP contribution in [0.5, 0.6) is 0 Å². The quantitative estimate of drug-likeness (QED) is 0.534. The first-order chi connectivity index (χ1) is 5.63. The van der Waals surface area contributed by atoms with E-state index in [1.165, 1.54) is 25.7 Å². The van der Waals surface area contributed by atoms with E-state index in [2.05, 4.69) is 35.5 Å². The molecule has 0 amide bonds. The minimum Gasteiger partial charge on any atom is -0.0667 e. The van der Waals surface area contributed by atoms with E-state index in [1.807, 2.05) is 0 Å². The molecule has 0 aromatic heterocycles. The van der Waals surface area contributed by atoms with Crippen LogP contribution in [0.2, 0.25) is 5.82 Å². The summed E-state index contributed by atoms with van der Waals surface area (Å²) >= 11 is 0. The first-order valence-electron chi connectivity index (χ1n) is 5.63. The second kappa shape index (κ2) is 6.57. The second-order valence-corrected chi connectivity index (χ2v) is 4.44. The molecule has 72 valence electrons. The van der Waals surface area contributed by atoms with Gasteiger partial charge in [-0.05, 0) is 11.8 Å². The molecular weight excluding hydrogens is 143 g/mol. The molecule has 0 aliphatic rings. The fourth-order valence-electron chi connectivity index (χ4n) is 2.27. The maximum Gasteiger partial charge on any atom is 0.105 e. The average Bonchev–Trinajstić information content (AvgIpc) is 2.01. The fraction of sp³-hybridized carbons (Fsp3) is 1.00. The Kier molecular flexibility index (Phi) is 6.60. The lowest BCUT2D eigenvalue weighted by molar-refractivity contribution is 0.338. The molecular formula is C11H25B. The van der Waals surface area contributed by atoms with Gasteiger partial charge in [0.1, 0.15) is 7.85 Å². The summed E-state index contributed by atoms with van der Waals surface area (Å²) in [5.41, 5.74) is 0. The van der Waals surface area contributed by atoms with Crippen molar-refractivity contribution in [1.82, 2.24) is 0 Å². The van der Waals surface area contributed by atoms with Gasteiger partial charge in [0.05, 0.1) is 0 Å². The molecule has 0 aromatic carbocycles. The Morgan fingerprint density at radius 3 is 2.08 bits per heavy atom. The van der Waals surface area contributed by atoms with Gasteiger partial charge in [-0.2, -0.15) is 0 Å². The van der Waals surface area contributed by atoms with Crippen molar-refractivity contribution in [2.24, 2.45) is 11.8 Å². The smallest absolute Gasteiger partial charge is 0.0667 e. The zero-order valence-corrected chi connectivity index (χ0v) is 9.56. The minimum absolute atomic E-state index is 0.863. The molecule has 2 unspecified atom stereocenters. The van der Waals surface area contributed by atoms with Crippen molar-refractivity contribution in [1.29, 1.82) is 0 Å². The van der Waals surface area contributed by atoms with E-state index < -0.39 is 0 Å². The van der Waals surface area contributed by atoms with Crippen molar-refractivity contribution in [2.45, 2.75) is 59.2 Å². The highest BCUT2D eigenvalue weighted by Crippen LogP contribution is 2.30. The van der Waals surface area contributed by atoms with Crippen LogP contribution in [0, 0.1) is 11.8 Å². The number of unbranched alkanes of at least 4 members (excludes halogenated alkanes) is 1. The van der Waals surface area contributed by atoms with Gasteiger partial charge in [-0.1, -0.05) is 59.2 Å². The molecule has 0 aliphatic heterocycles. The number of hydrogen-bond donors (Lipinski definition) is 0. The van der Waals surface area contributed by atoms with Crippen LogP contribution >= 0.6 is 0 Å². The van der Waals surface area contributed by atoms with Crippen LogP contribution in [-0.2, 0) is 0 Å². The van der Waals surface area contributed by atoms with Crippen molar-refractivity contribution < 1.29 is 0 Å². The van der Waals surface area contributed by atoms with Crippen LogP contribution in [-0.4, -0.2) is 7.85 Å². The van der Waals surface area contributed by atoms with Crippen LogP contribution in [0.4, 0.5) is 0 Å². The SMILES string of the molecule is BC(CCCC)C(CC)C(C)C. The molecule has 0 bridgehead atoms. The normalized spacial score (nSPS) is 16.4. The zero-order chi connectivity index (χ0) is 9.56. The molecule has 2 atom stereocenters. The number of hydrogen-bond acceptors (Lipinski definition) is 0. The molecule has 1 heteroatoms. The largest absolute Gasteiger partial charge is 0.105 e. The third-order valence-corrected chi connectivity index (χ3v) is 3.07. The Morgan fingerprint density at radius 1 is 1.17 bits per heavy atom.